The van der Waals surface area contributed by atoms with Gasteiger partial charge >= 0.3 is 0 Å². The zero-order chi connectivity index (χ0) is 13.0. The molecule has 2 aromatic heterocycles. The van der Waals surface area contributed by atoms with Crippen molar-refractivity contribution in [3.05, 3.63) is 44.3 Å². The first-order valence-corrected chi connectivity index (χ1v) is 6.28. The molecule has 2 heterocycles. The average Bonchev–Trinajstić information content (AvgIpc) is 2.85. The number of nitrogens with one attached hydrogen (secondary N) is 2. The van der Waals surface area contributed by atoms with Gasteiger partial charge in [-0.25, -0.2) is 10.1 Å². The van der Waals surface area contributed by atoms with E-state index in [2.05, 4.69) is 27.4 Å². The van der Waals surface area contributed by atoms with Crippen LogP contribution in [0.3, 0.4) is 0 Å². The van der Waals surface area contributed by atoms with Crippen LogP contribution in [0.15, 0.2) is 23.1 Å². The Labute approximate surface area is 107 Å². The van der Waals surface area contributed by atoms with Gasteiger partial charge in [0.05, 0.1) is 6.54 Å². The average molecular weight is 264 g/mol. The first-order valence-electron chi connectivity index (χ1n) is 5.46. The molecule has 0 radical (unpaired) electrons. The Morgan fingerprint density at radius 3 is 2.94 bits per heavy atom. The van der Waals surface area contributed by atoms with E-state index in [0.29, 0.717) is 6.54 Å². The summed E-state index contributed by atoms with van der Waals surface area (Å²) in [5.41, 5.74) is -0.152. The minimum Gasteiger partial charge on any atom is -0.344 e. The van der Waals surface area contributed by atoms with Gasteiger partial charge in [-0.15, -0.1) is 11.3 Å². The normalized spacial score (nSPS) is 10.3. The second-order valence-corrected chi connectivity index (χ2v) is 4.76. The van der Waals surface area contributed by atoms with Gasteiger partial charge in [0.2, 0.25) is 0 Å². The van der Waals surface area contributed by atoms with Crippen LogP contribution >= 0.6 is 11.3 Å². The maximum Gasteiger partial charge on any atom is 0.272 e. The van der Waals surface area contributed by atoms with Crippen LogP contribution in [-0.2, 0) is 13.0 Å². The minimum atomic E-state index is -0.334. The van der Waals surface area contributed by atoms with Gasteiger partial charge in [0.25, 0.3) is 11.5 Å². The third-order valence-electron chi connectivity index (χ3n) is 2.26. The lowest BCUT2D eigenvalue weighted by Gasteiger charge is -2.01. The fraction of sp³-hybridized carbons (Fsp3) is 0.273. The number of rotatable bonds is 4. The van der Waals surface area contributed by atoms with Crippen molar-refractivity contribution in [3.63, 3.8) is 0 Å². The first-order chi connectivity index (χ1) is 8.69. The van der Waals surface area contributed by atoms with E-state index in [1.807, 2.05) is 6.20 Å². The van der Waals surface area contributed by atoms with Crippen LogP contribution in [0.2, 0.25) is 0 Å². The molecular weight excluding hydrogens is 252 g/mol. The highest BCUT2D eigenvalue weighted by Crippen LogP contribution is 2.12. The van der Waals surface area contributed by atoms with E-state index in [1.54, 1.807) is 11.3 Å². The maximum atomic E-state index is 11.7. The molecule has 0 atom stereocenters. The molecule has 0 saturated heterocycles. The molecule has 1 amide bonds. The lowest BCUT2D eigenvalue weighted by molar-refractivity contribution is 0.0944. The number of aromatic amines is 1. The number of hydrogen-bond donors (Lipinski definition) is 2. The number of H-pyrrole nitrogens is 1. The van der Waals surface area contributed by atoms with Crippen molar-refractivity contribution < 1.29 is 4.79 Å². The van der Waals surface area contributed by atoms with Gasteiger partial charge < -0.3 is 5.32 Å². The van der Waals surface area contributed by atoms with E-state index in [9.17, 15) is 9.59 Å². The van der Waals surface area contributed by atoms with Crippen molar-refractivity contribution in [3.8, 4) is 0 Å². The third-order valence-corrected chi connectivity index (χ3v) is 3.40. The van der Waals surface area contributed by atoms with Crippen LogP contribution in [0, 0.1) is 0 Å². The zero-order valence-electron chi connectivity index (χ0n) is 9.77. The summed E-state index contributed by atoms with van der Waals surface area (Å²) in [5, 5.41) is 9.41. The Morgan fingerprint density at radius 1 is 1.50 bits per heavy atom. The summed E-state index contributed by atoms with van der Waals surface area (Å²) in [5.74, 6) is -0.334. The predicted octanol–water partition coefficient (Wildman–Crippen LogP) is 0.719. The highest BCUT2D eigenvalue weighted by Gasteiger charge is 2.08. The summed E-state index contributed by atoms with van der Waals surface area (Å²) < 4.78 is 0. The molecule has 2 aromatic rings. The van der Waals surface area contributed by atoms with Gasteiger partial charge in [-0.05, 0) is 12.5 Å². The highest BCUT2D eigenvalue weighted by molar-refractivity contribution is 7.11. The molecule has 0 fully saturated rings. The van der Waals surface area contributed by atoms with E-state index in [-0.39, 0.29) is 17.2 Å². The summed E-state index contributed by atoms with van der Waals surface area (Å²) in [7, 11) is 0. The molecule has 18 heavy (non-hydrogen) atoms. The van der Waals surface area contributed by atoms with Gasteiger partial charge in [-0.1, -0.05) is 6.92 Å². The SMILES string of the molecule is CCc1cnc(CNC(=O)c2ccc(=O)[nH]n2)s1. The van der Waals surface area contributed by atoms with Gasteiger partial charge in [-0.2, -0.15) is 5.10 Å². The van der Waals surface area contributed by atoms with Crippen molar-refractivity contribution in [2.24, 2.45) is 0 Å². The van der Waals surface area contributed by atoms with E-state index >= 15 is 0 Å². The highest BCUT2D eigenvalue weighted by atomic mass is 32.1. The maximum absolute atomic E-state index is 11.7. The Balaban J connectivity index is 1.95. The monoisotopic (exact) mass is 264 g/mol. The summed E-state index contributed by atoms with van der Waals surface area (Å²) in [6, 6.07) is 2.65. The number of hydrogen-bond acceptors (Lipinski definition) is 5. The molecule has 0 saturated carbocycles. The first kappa shape index (κ1) is 12.4. The van der Waals surface area contributed by atoms with Crippen LogP contribution in [0.25, 0.3) is 0 Å². The Hall–Kier alpha value is -2.02. The molecule has 0 aliphatic rings. The van der Waals surface area contributed by atoms with E-state index in [4.69, 9.17) is 0 Å². The molecule has 0 spiro atoms. The molecule has 0 bridgehead atoms. The molecule has 94 valence electrons. The summed E-state index contributed by atoms with van der Waals surface area (Å²) in [6.45, 7) is 2.42. The quantitative estimate of drug-likeness (QED) is 0.851. The molecule has 0 aromatic carbocycles. The minimum absolute atomic E-state index is 0.182. The van der Waals surface area contributed by atoms with Gasteiger partial charge in [0.15, 0.2) is 0 Å². The van der Waals surface area contributed by atoms with Crippen LogP contribution in [0.4, 0.5) is 0 Å². The number of aryl methyl sites for hydroxylation is 1. The van der Waals surface area contributed by atoms with Crippen molar-refractivity contribution in [2.45, 2.75) is 19.9 Å². The second-order valence-electron chi connectivity index (χ2n) is 3.56. The number of amides is 1. The Bertz CT molecular complexity index is 585. The van der Waals surface area contributed by atoms with Crippen LogP contribution in [0.1, 0.15) is 27.3 Å². The molecule has 6 nitrogen and oxygen atoms in total. The Kier molecular flexibility index (Phi) is 3.83. The Morgan fingerprint density at radius 2 is 2.33 bits per heavy atom. The smallest absolute Gasteiger partial charge is 0.272 e. The molecule has 7 heteroatoms. The summed E-state index contributed by atoms with van der Waals surface area (Å²) >= 11 is 1.57. The fourth-order valence-corrected chi connectivity index (χ4v) is 2.11. The third kappa shape index (κ3) is 3.01. The van der Waals surface area contributed by atoms with E-state index < -0.39 is 0 Å². The molecule has 2 rings (SSSR count). The van der Waals surface area contributed by atoms with Crippen LogP contribution in [0.5, 0.6) is 0 Å². The molecule has 0 unspecified atom stereocenters. The fourth-order valence-electron chi connectivity index (χ4n) is 1.31. The number of carbonyl (C=O) groups excluding carboxylic acids is 1. The topological polar surface area (TPSA) is 87.7 Å². The largest absolute Gasteiger partial charge is 0.344 e. The van der Waals surface area contributed by atoms with Crippen molar-refractivity contribution in [2.75, 3.05) is 0 Å². The molecule has 2 N–H and O–H groups in total. The van der Waals surface area contributed by atoms with Crippen molar-refractivity contribution >= 4 is 17.2 Å². The van der Waals surface area contributed by atoms with Crippen molar-refractivity contribution in [1.82, 2.24) is 20.5 Å². The van der Waals surface area contributed by atoms with Crippen LogP contribution in [-0.4, -0.2) is 21.1 Å². The van der Waals surface area contributed by atoms with Crippen molar-refractivity contribution in [1.29, 1.82) is 0 Å². The molecule has 0 aliphatic heterocycles. The lowest BCUT2D eigenvalue weighted by Crippen LogP contribution is -2.25. The number of thiazole rings is 1. The van der Waals surface area contributed by atoms with Gasteiger partial charge in [-0.3, -0.25) is 9.59 Å². The number of aromatic nitrogens is 3. The van der Waals surface area contributed by atoms with Gasteiger partial charge in [0.1, 0.15) is 10.7 Å². The number of carbonyl (C=O) groups is 1. The molecule has 0 aliphatic carbocycles. The van der Waals surface area contributed by atoms with E-state index in [0.717, 1.165) is 11.4 Å². The lowest BCUT2D eigenvalue weighted by atomic mass is 10.3. The van der Waals surface area contributed by atoms with Gasteiger partial charge in [0, 0.05) is 17.1 Å². The summed E-state index contributed by atoms with van der Waals surface area (Å²) in [4.78, 5) is 27.9. The number of nitrogens with zero attached hydrogens (tertiary/aromatic N) is 2. The van der Waals surface area contributed by atoms with E-state index in [1.165, 1.54) is 17.0 Å². The standard InChI is InChI=1S/C11H12N4O2S/c1-2-7-5-12-10(18-7)6-13-11(17)8-3-4-9(16)15-14-8/h3-5H,2,6H2,1H3,(H,13,17)(H,15,16). The summed E-state index contributed by atoms with van der Waals surface area (Å²) in [6.07, 6.45) is 2.75. The molecular formula is C11H12N4O2S. The second kappa shape index (κ2) is 5.54. The zero-order valence-corrected chi connectivity index (χ0v) is 10.6. The predicted molar refractivity (Wildman–Crippen MR) is 67.5 cm³/mol. The van der Waals surface area contributed by atoms with Crippen LogP contribution < -0.4 is 10.9 Å².